The first-order valence-electron chi connectivity index (χ1n) is 13.1. The third kappa shape index (κ3) is 4.72. The van der Waals surface area contributed by atoms with Gasteiger partial charge in [-0.05, 0) is 111 Å². The quantitative estimate of drug-likeness (QED) is 0.560. The van der Waals surface area contributed by atoms with E-state index in [0.29, 0.717) is 24.0 Å². The molecule has 1 aliphatic carbocycles. The van der Waals surface area contributed by atoms with Gasteiger partial charge in [0, 0.05) is 18.6 Å². The molecule has 2 aromatic rings. The molecule has 3 aliphatic rings. The first kappa shape index (κ1) is 23.3. The zero-order valence-electron chi connectivity index (χ0n) is 20.1. The topological polar surface area (TPSA) is 48.3 Å². The van der Waals surface area contributed by atoms with Gasteiger partial charge in [-0.15, -0.1) is 0 Å². The summed E-state index contributed by atoms with van der Waals surface area (Å²) in [6.45, 7) is 4.94. The van der Waals surface area contributed by atoms with Crippen LogP contribution in [0.5, 0.6) is 5.75 Å². The van der Waals surface area contributed by atoms with Gasteiger partial charge in [0.2, 0.25) is 0 Å². The molecule has 4 nitrogen and oxygen atoms in total. The average molecular weight is 462 g/mol. The molecule has 1 saturated heterocycles. The lowest BCUT2D eigenvalue weighted by molar-refractivity contribution is 0.0542. The van der Waals surface area contributed by atoms with Gasteiger partial charge in [-0.1, -0.05) is 18.9 Å². The Morgan fingerprint density at radius 2 is 1.76 bits per heavy atom. The van der Waals surface area contributed by atoms with E-state index in [0.717, 1.165) is 44.8 Å². The molecule has 5 heteroatoms. The van der Waals surface area contributed by atoms with E-state index >= 15 is 0 Å². The predicted octanol–water partition coefficient (Wildman–Crippen LogP) is 5.41. The molecule has 2 heterocycles. The number of likely N-dealkylation sites (tertiary alicyclic amines) is 1. The molecule has 0 aromatic heterocycles. The minimum absolute atomic E-state index is 0.0164. The lowest BCUT2D eigenvalue weighted by Crippen LogP contribution is -2.58. The number of ether oxygens (including phenoxy) is 1. The highest BCUT2D eigenvalue weighted by Crippen LogP contribution is 2.50. The third-order valence-corrected chi connectivity index (χ3v) is 8.43. The molecule has 0 radical (unpaired) electrons. The fourth-order valence-electron chi connectivity index (χ4n) is 6.83. The maximum absolute atomic E-state index is 14.1. The van der Waals surface area contributed by atoms with Gasteiger partial charge < -0.3 is 15.0 Å². The van der Waals surface area contributed by atoms with Crippen LogP contribution in [-0.2, 0) is 12.0 Å². The normalized spacial score (nSPS) is 24.0. The number of nitrogens with one attached hydrogen (secondary N) is 1. The maximum Gasteiger partial charge on any atom is 0.123 e. The van der Waals surface area contributed by atoms with Crippen LogP contribution >= 0.6 is 0 Å². The highest BCUT2D eigenvalue weighted by Gasteiger charge is 2.49. The summed E-state index contributed by atoms with van der Waals surface area (Å²) in [5.74, 6) is 1.99. The second kappa shape index (κ2) is 10.5. The fourth-order valence-corrected chi connectivity index (χ4v) is 6.83. The summed E-state index contributed by atoms with van der Waals surface area (Å²) >= 11 is 0. The van der Waals surface area contributed by atoms with Crippen molar-refractivity contribution in [3.63, 3.8) is 0 Å². The van der Waals surface area contributed by atoms with Crippen LogP contribution in [0.3, 0.4) is 0 Å². The van der Waals surface area contributed by atoms with Crippen LogP contribution in [0.4, 0.5) is 4.39 Å². The highest BCUT2D eigenvalue weighted by molar-refractivity contribution is 5.39. The number of benzene rings is 2. The second-order valence-electron chi connectivity index (χ2n) is 10.3. The molecule has 180 valence electrons. The molecule has 2 aliphatic heterocycles. The van der Waals surface area contributed by atoms with E-state index < -0.39 is 0 Å². The van der Waals surface area contributed by atoms with Gasteiger partial charge in [0.05, 0.1) is 18.2 Å². The number of halogens is 1. The van der Waals surface area contributed by atoms with Crippen molar-refractivity contribution < 1.29 is 9.13 Å². The smallest absolute Gasteiger partial charge is 0.123 e. The molecule has 1 saturated carbocycles. The van der Waals surface area contributed by atoms with Gasteiger partial charge in [0.1, 0.15) is 11.6 Å². The van der Waals surface area contributed by atoms with E-state index in [1.54, 1.807) is 24.3 Å². The van der Waals surface area contributed by atoms with E-state index in [1.165, 1.54) is 49.7 Å². The summed E-state index contributed by atoms with van der Waals surface area (Å²) in [7, 11) is 0. The first-order chi connectivity index (χ1) is 16.7. The van der Waals surface area contributed by atoms with Crippen LogP contribution in [0.1, 0.15) is 61.6 Å². The number of hydrogen-bond acceptors (Lipinski definition) is 4. The fraction of sp³-hybridized carbons (Fsp3) is 0.552. The summed E-state index contributed by atoms with van der Waals surface area (Å²) < 4.78 is 19.9. The number of piperidine rings is 1. The van der Waals surface area contributed by atoms with Crippen molar-refractivity contribution in [1.29, 1.82) is 5.26 Å². The first-order valence-corrected chi connectivity index (χ1v) is 13.1. The van der Waals surface area contributed by atoms with Crippen molar-refractivity contribution in [3.8, 4) is 11.8 Å². The molecule has 0 bridgehead atoms. The maximum atomic E-state index is 14.1. The van der Waals surface area contributed by atoms with Crippen LogP contribution in [0, 0.1) is 29.0 Å². The summed E-state index contributed by atoms with van der Waals surface area (Å²) in [4.78, 5) is 2.58. The highest BCUT2D eigenvalue weighted by atomic mass is 19.1. The van der Waals surface area contributed by atoms with Gasteiger partial charge in [0.15, 0.2) is 0 Å². The molecule has 1 N–H and O–H groups in total. The summed E-state index contributed by atoms with van der Waals surface area (Å²) in [6, 6.07) is 15.0. The van der Waals surface area contributed by atoms with Crippen LogP contribution in [0.15, 0.2) is 42.5 Å². The Morgan fingerprint density at radius 3 is 2.50 bits per heavy atom. The van der Waals surface area contributed by atoms with E-state index in [2.05, 4.69) is 22.4 Å². The molecular weight excluding hydrogens is 425 g/mol. The Kier molecular flexibility index (Phi) is 7.18. The summed E-state index contributed by atoms with van der Waals surface area (Å²) in [5.41, 5.74) is 3.29. The zero-order valence-corrected chi connectivity index (χ0v) is 20.1. The van der Waals surface area contributed by atoms with Gasteiger partial charge in [-0.25, -0.2) is 4.39 Å². The van der Waals surface area contributed by atoms with Gasteiger partial charge in [-0.3, -0.25) is 0 Å². The Hall–Kier alpha value is -2.42. The Morgan fingerprint density at radius 1 is 1.03 bits per heavy atom. The minimum Gasteiger partial charge on any atom is -0.494 e. The SMILES string of the molecule is N#Cc1ccc(OCCCN2CCC(C3(C4CCCC4)NCCc4cc(F)ccc43)CC2)cc1. The van der Waals surface area contributed by atoms with E-state index in [4.69, 9.17) is 10.00 Å². The monoisotopic (exact) mass is 461 g/mol. The van der Waals surface area contributed by atoms with Crippen molar-refractivity contribution in [1.82, 2.24) is 10.2 Å². The van der Waals surface area contributed by atoms with Crippen LogP contribution < -0.4 is 10.1 Å². The van der Waals surface area contributed by atoms with Crippen LogP contribution in [0.2, 0.25) is 0 Å². The average Bonchev–Trinajstić information content (AvgIpc) is 3.42. The molecule has 1 unspecified atom stereocenters. The van der Waals surface area contributed by atoms with Crippen molar-refractivity contribution in [2.45, 2.75) is 56.9 Å². The standard InChI is InChI=1S/C29H36FN3O/c30-26-8-11-28-23(20-26)12-15-32-29(28,24-4-1-2-5-24)25-13-17-33(18-14-25)16-3-19-34-27-9-6-22(21-31)7-10-27/h6-11,20,24-25,32H,1-5,12-19H2. The van der Waals surface area contributed by atoms with Crippen molar-refractivity contribution in [2.24, 2.45) is 11.8 Å². The van der Waals surface area contributed by atoms with E-state index in [9.17, 15) is 4.39 Å². The van der Waals surface area contributed by atoms with Gasteiger partial charge >= 0.3 is 0 Å². The largest absolute Gasteiger partial charge is 0.494 e. The molecule has 2 aromatic carbocycles. The van der Waals surface area contributed by atoms with Crippen molar-refractivity contribution in [2.75, 3.05) is 32.8 Å². The summed E-state index contributed by atoms with van der Waals surface area (Å²) in [6.07, 6.45) is 9.53. The molecule has 0 spiro atoms. The number of nitriles is 1. The lowest BCUT2D eigenvalue weighted by Gasteiger charge is -2.52. The Balaban J connectivity index is 1.19. The molecule has 0 amide bonds. The second-order valence-corrected chi connectivity index (χ2v) is 10.3. The number of nitrogens with zero attached hydrogens (tertiary/aromatic N) is 2. The molecular formula is C29H36FN3O. The Labute approximate surface area is 203 Å². The third-order valence-electron chi connectivity index (χ3n) is 8.43. The van der Waals surface area contributed by atoms with Gasteiger partial charge in [0.25, 0.3) is 0 Å². The lowest BCUT2D eigenvalue weighted by atomic mass is 9.63. The molecule has 2 fully saturated rings. The number of fused-ring (bicyclic) bond motifs is 1. The number of hydrogen-bond donors (Lipinski definition) is 1. The van der Waals surface area contributed by atoms with Crippen molar-refractivity contribution >= 4 is 0 Å². The molecule has 5 rings (SSSR count). The predicted molar refractivity (Wildman–Crippen MR) is 132 cm³/mol. The minimum atomic E-state index is -0.0981. The Bertz CT molecular complexity index is 1000. The van der Waals surface area contributed by atoms with Gasteiger partial charge in [-0.2, -0.15) is 5.26 Å². The number of rotatable bonds is 7. The van der Waals surface area contributed by atoms with Crippen LogP contribution in [0.25, 0.3) is 0 Å². The molecule has 1 atom stereocenters. The van der Waals surface area contributed by atoms with E-state index in [-0.39, 0.29) is 11.4 Å². The van der Waals surface area contributed by atoms with Crippen molar-refractivity contribution in [3.05, 3.63) is 65.0 Å². The van der Waals surface area contributed by atoms with E-state index in [1.807, 2.05) is 12.1 Å². The zero-order chi connectivity index (χ0) is 23.4. The summed E-state index contributed by atoms with van der Waals surface area (Å²) in [5, 5.41) is 12.9. The van der Waals surface area contributed by atoms with Crippen LogP contribution in [-0.4, -0.2) is 37.7 Å². The molecule has 34 heavy (non-hydrogen) atoms.